The van der Waals surface area contributed by atoms with Gasteiger partial charge >= 0.3 is 0 Å². The zero-order valence-corrected chi connectivity index (χ0v) is 10.8. The summed E-state index contributed by atoms with van der Waals surface area (Å²) >= 11 is 0. The molecule has 0 aromatic heterocycles. The molecule has 0 saturated carbocycles. The van der Waals surface area contributed by atoms with Gasteiger partial charge in [0, 0.05) is 0 Å². The van der Waals surface area contributed by atoms with Crippen LogP contribution in [0.4, 0.5) is 5.69 Å². The highest BCUT2D eigenvalue weighted by Gasteiger charge is 2.13. The second kappa shape index (κ2) is 7.64. The molecule has 0 saturated heterocycles. The fraction of sp³-hybridized carbons (Fsp3) is 0.0667. The van der Waals surface area contributed by atoms with Crippen LogP contribution in [0.5, 0.6) is 0 Å². The smallest absolute Gasteiger partial charge is 0.254 e. The number of para-hydroxylation sites is 1. The highest BCUT2D eigenvalue weighted by molar-refractivity contribution is 6.00. The molecule has 1 amide bonds. The lowest BCUT2D eigenvalue weighted by molar-refractivity contribution is 0.0959. The Bertz CT molecular complexity index is 734. The minimum Gasteiger partial charge on any atom is -0.344 e. The second-order valence-electron chi connectivity index (χ2n) is 3.64. The molecule has 21 heavy (non-hydrogen) atoms. The lowest BCUT2D eigenvalue weighted by Crippen LogP contribution is -2.24. The molecule has 2 N–H and O–H groups in total. The zero-order chi connectivity index (χ0) is 15.7. The van der Waals surface area contributed by atoms with Gasteiger partial charge in [0.15, 0.2) is 5.57 Å². The van der Waals surface area contributed by atoms with Gasteiger partial charge in [0.05, 0.1) is 17.8 Å². The first kappa shape index (κ1) is 15.3. The first-order chi connectivity index (χ1) is 10.2. The number of anilines is 1. The normalized spacial score (nSPS) is 8.19. The molecule has 100 valence electrons. The number of amides is 1. The van der Waals surface area contributed by atoms with E-state index in [-0.39, 0.29) is 23.4 Å². The fourth-order valence-corrected chi connectivity index (χ4v) is 1.43. The van der Waals surface area contributed by atoms with Gasteiger partial charge in [-0.2, -0.15) is 15.8 Å². The minimum atomic E-state index is -0.427. The average Bonchev–Trinajstić information content (AvgIpc) is 2.53. The molecule has 0 heterocycles. The van der Waals surface area contributed by atoms with Gasteiger partial charge in [-0.25, -0.2) is 0 Å². The topological polar surface area (TPSA) is 112 Å². The average molecular weight is 275 g/mol. The number of nitriles is 3. The van der Waals surface area contributed by atoms with Crippen molar-refractivity contribution >= 4 is 11.6 Å². The zero-order valence-electron chi connectivity index (χ0n) is 10.8. The summed E-state index contributed by atoms with van der Waals surface area (Å²) in [5.41, 5.74) is -0.0455. The number of rotatable bonds is 4. The summed E-state index contributed by atoms with van der Waals surface area (Å²) in [6.45, 7) is 0.0652. The Hall–Kier alpha value is -3.74. The van der Waals surface area contributed by atoms with Gasteiger partial charge in [-0.3, -0.25) is 4.79 Å². The van der Waals surface area contributed by atoms with Gasteiger partial charge in [-0.05, 0) is 12.1 Å². The number of terminal acetylenes is 1. The molecule has 0 atom stereocenters. The van der Waals surface area contributed by atoms with Gasteiger partial charge in [0.1, 0.15) is 23.9 Å². The molecular formula is C15H9N5O. The molecular weight excluding hydrogens is 266 g/mol. The molecule has 0 fully saturated rings. The summed E-state index contributed by atoms with van der Waals surface area (Å²) in [4.78, 5) is 11.9. The van der Waals surface area contributed by atoms with Gasteiger partial charge in [-0.15, -0.1) is 6.42 Å². The number of carbonyl (C=O) groups is 1. The fourth-order valence-electron chi connectivity index (χ4n) is 1.43. The van der Waals surface area contributed by atoms with E-state index in [1.807, 2.05) is 0 Å². The molecule has 0 aliphatic rings. The van der Waals surface area contributed by atoms with Crippen molar-refractivity contribution in [2.75, 3.05) is 11.9 Å². The van der Waals surface area contributed by atoms with Crippen molar-refractivity contribution in [3.63, 3.8) is 0 Å². The van der Waals surface area contributed by atoms with Crippen molar-refractivity contribution in [1.82, 2.24) is 5.32 Å². The molecule has 1 aromatic carbocycles. The highest BCUT2D eigenvalue weighted by Crippen LogP contribution is 2.18. The molecule has 0 unspecified atom stereocenters. The van der Waals surface area contributed by atoms with Crippen LogP contribution >= 0.6 is 0 Å². The van der Waals surface area contributed by atoms with Crippen LogP contribution in [-0.4, -0.2) is 12.5 Å². The standard InChI is InChI=1S/C15H9N5O/c1-2-7-19-15(21)12-5-3-4-6-13(12)20-14(10-18)11(8-16)9-17/h1,3-6,20H,7H2,(H,19,21). The van der Waals surface area contributed by atoms with E-state index in [1.54, 1.807) is 36.4 Å². The number of nitrogens with zero attached hydrogens (tertiary/aromatic N) is 3. The quantitative estimate of drug-likeness (QED) is 0.635. The van der Waals surface area contributed by atoms with Gasteiger partial charge in [0.2, 0.25) is 0 Å². The monoisotopic (exact) mass is 275 g/mol. The maximum absolute atomic E-state index is 11.9. The van der Waals surface area contributed by atoms with Crippen LogP contribution in [0.2, 0.25) is 0 Å². The predicted molar refractivity (Wildman–Crippen MR) is 75.1 cm³/mol. The second-order valence-corrected chi connectivity index (χ2v) is 3.64. The summed E-state index contributed by atoms with van der Waals surface area (Å²) < 4.78 is 0. The number of hydrogen-bond donors (Lipinski definition) is 2. The maximum atomic E-state index is 11.9. The van der Waals surface area contributed by atoms with Crippen molar-refractivity contribution < 1.29 is 4.79 Å². The maximum Gasteiger partial charge on any atom is 0.254 e. The summed E-state index contributed by atoms with van der Waals surface area (Å²) in [5.74, 6) is 1.85. The van der Waals surface area contributed by atoms with Crippen LogP contribution in [0.3, 0.4) is 0 Å². The van der Waals surface area contributed by atoms with Crippen molar-refractivity contribution in [2.45, 2.75) is 0 Å². The Morgan fingerprint density at radius 1 is 1.14 bits per heavy atom. The van der Waals surface area contributed by atoms with E-state index in [1.165, 1.54) is 6.07 Å². The van der Waals surface area contributed by atoms with E-state index >= 15 is 0 Å². The van der Waals surface area contributed by atoms with E-state index < -0.39 is 5.91 Å². The molecule has 0 radical (unpaired) electrons. The van der Waals surface area contributed by atoms with Crippen LogP contribution in [0.1, 0.15) is 10.4 Å². The summed E-state index contributed by atoms with van der Waals surface area (Å²) in [6.07, 6.45) is 5.07. The summed E-state index contributed by atoms with van der Waals surface area (Å²) in [5, 5.41) is 31.7. The van der Waals surface area contributed by atoms with Crippen LogP contribution in [-0.2, 0) is 0 Å². The Balaban J connectivity index is 3.18. The van der Waals surface area contributed by atoms with Gasteiger partial charge < -0.3 is 10.6 Å². The molecule has 1 aromatic rings. The molecule has 1 rings (SSSR count). The Morgan fingerprint density at radius 3 is 2.38 bits per heavy atom. The number of carbonyl (C=O) groups excluding carboxylic acids is 1. The Labute approximate surface area is 121 Å². The van der Waals surface area contributed by atoms with E-state index in [2.05, 4.69) is 16.6 Å². The lowest BCUT2D eigenvalue weighted by Gasteiger charge is -2.10. The highest BCUT2D eigenvalue weighted by atomic mass is 16.1. The van der Waals surface area contributed by atoms with Crippen LogP contribution in [0.15, 0.2) is 35.5 Å². The van der Waals surface area contributed by atoms with Crippen molar-refractivity contribution in [2.24, 2.45) is 0 Å². The summed E-state index contributed by atoms with van der Waals surface area (Å²) in [6, 6.07) is 11.3. The Morgan fingerprint density at radius 2 is 1.81 bits per heavy atom. The lowest BCUT2D eigenvalue weighted by atomic mass is 10.1. The third kappa shape index (κ3) is 3.86. The van der Waals surface area contributed by atoms with Crippen molar-refractivity contribution in [3.05, 3.63) is 41.1 Å². The predicted octanol–water partition coefficient (Wildman–Crippen LogP) is 1.29. The molecule has 6 heteroatoms. The molecule has 0 aliphatic carbocycles. The van der Waals surface area contributed by atoms with Gasteiger partial charge in [-0.1, -0.05) is 18.1 Å². The van der Waals surface area contributed by atoms with E-state index in [0.717, 1.165) is 0 Å². The number of allylic oxidation sites excluding steroid dienone is 2. The SMILES string of the molecule is C#CCNC(=O)c1ccccc1NC(C#N)=C(C#N)C#N. The molecule has 0 spiro atoms. The van der Waals surface area contributed by atoms with E-state index in [0.29, 0.717) is 5.69 Å². The van der Waals surface area contributed by atoms with E-state index in [9.17, 15) is 4.79 Å². The van der Waals surface area contributed by atoms with Gasteiger partial charge in [0.25, 0.3) is 5.91 Å². The number of nitrogens with one attached hydrogen (secondary N) is 2. The first-order valence-corrected chi connectivity index (χ1v) is 5.70. The third-order valence-corrected chi connectivity index (χ3v) is 2.37. The molecule has 0 bridgehead atoms. The van der Waals surface area contributed by atoms with Crippen LogP contribution in [0, 0.1) is 46.3 Å². The van der Waals surface area contributed by atoms with Crippen molar-refractivity contribution in [1.29, 1.82) is 15.8 Å². The Kier molecular flexibility index (Phi) is 5.57. The minimum absolute atomic E-state index is 0.0652. The van der Waals surface area contributed by atoms with Crippen LogP contribution in [0.25, 0.3) is 0 Å². The largest absolute Gasteiger partial charge is 0.344 e. The molecule has 0 aliphatic heterocycles. The summed E-state index contributed by atoms with van der Waals surface area (Å²) in [7, 11) is 0. The van der Waals surface area contributed by atoms with Crippen molar-refractivity contribution in [3.8, 4) is 30.6 Å². The van der Waals surface area contributed by atoms with E-state index in [4.69, 9.17) is 22.2 Å². The third-order valence-electron chi connectivity index (χ3n) is 2.37. The number of hydrogen-bond acceptors (Lipinski definition) is 5. The molecule has 6 nitrogen and oxygen atoms in total. The van der Waals surface area contributed by atoms with Crippen LogP contribution < -0.4 is 10.6 Å². The first-order valence-electron chi connectivity index (χ1n) is 5.70. The number of benzene rings is 1.